The van der Waals surface area contributed by atoms with E-state index in [-0.39, 0.29) is 12.5 Å². The van der Waals surface area contributed by atoms with Crippen LogP contribution in [-0.4, -0.2) is 22.7 Å². The molecule has 0 aliphatic rings. The second-order valence-corrected chi connectivity index (χ2v) is 4.87. The molecule has 2 aromatic heterocycles. The van der Waals surface area contributed by atoms with Crippen molar-refractivity contribution < 1.29 is 13.9 Å². The number of hydrogen-bond donors (Lipinski definition) is 1. The zero-order valence-corrected chi connectivity index (χ0v) is 11.4. The van der Waals surface area contributed by atoms with Crippen LogP contribution in [0.25, 0.3) is 11.0 Å². The largest absolute Gasteiger partial charge is 0.484 e. The molecule has 3 rings (SSSR count). The van der Waals surface area contributed by atoms with Crippen LogP contribution in [0.5, 0.6) is 5.75 Å². The van der Waals surface area contributed by atoms with Crippen LogP contribution in [0, 0.1) is 0 Å². The average molecular weight is 303 g/mol. The molecule has 0 spiro atoms. The third kappa shape index (κ3) is 3.23. The molecule has 0 atom stereocenters. The summed E-state index contributed by atoms with van der Waals surface area (Å²) in [5, 5.41) is 11.0. The van der Waals surface area contributed by atoms with Crippen molar-refractivity contribution in [3.63, 3.8) is 0 Å². The molecule has 2 heterocycles. The number of ether oxygens (including phenoxy) is 1. The molecule has 0 unspecified atom stereocenters. The summed E-state index contributed by atoms with van der Waals surface area (Å²) in [6.07, 6.45) is 0. The topological polar surface area (TPSA) is 94.3 Å². The van der Waals surface area contributed by atoms with Crippen molar-refractivity contribution in [3.05, 3.63) is 46.3 Å². The molecule has 0 aliphatic carbocycles. The molecule has 0 fully saturated rings. The Morgan fingerprint density at radius 2 is 2.19 bits per heavy atom. The minimum absolute atomic E-state index is 0.178. The fourth-order valence-corrected chi connectivity index (χ4v) is 2.12. The first-order chi connectivity index (χ1) is 10.2. The van der Waals surface area contributed by atoms with Crippen LogP contribution in [0.1, 0.15) is 0 Å². The Morgan fingerprint density at radius 1 is 1.33 bits per heavy atom. The SMILES string of the molecule is O=C(COc1ccc2ccc(=O)oc2c1)Nc1nncs1. The van der Waals surface area contributed by atoms with Crippen LogP contribution in [0.3, 0.4) is 0 Å². The molecule has 106 valence electrons. The van der Waals surface area contributed by atoms with Crippen molar-refractivity contribution in [1.29, 1.82) is 0 Å². The molecule has 3 aromatic rings. The summed E-state index contributed by atoms with van der Waals surface area (Å²) >= 11 is 1.22. The van der Waals surface area contributed by atoms with Gasteiger partial charge >= 0.3 is 5.63 Å². The Balaban J connectivity index is 1.67. The van der Waals surface area contributed by atoms with Gasteiger partial charge < -0.3 is 9.15 Å². The Labute approximate surface area is 122 Å². The summed E-state index contributed by atoms with van der Waals surface area (Å²) in [6, 6.07) is 8.01. The number of carbonyl (C=O) groups is 1. The van der Waals surface area contributed by atoms with Gasteiger partial charge in [0, 0.05) is 17.5 Å². The Bertz CT molecular complexity index is 829. The third-order valence-electron chi connectivity index (χ3n) is 2.57. The van der Waals surface area contributed by atoms with E-state index in [1.165, 1.54) is 22.9 Å². The molecule has 0 aliphatic heterocycles. The van der Waals surface area contributed by atoms with Crippen LogP contribution in [0.4, 0.5) is 5.13 Å². The zero-order chi connectivity index (χ0) is 14.7. The number of nitrogens with one attached hydrogen (secondary N) is 1. The van der Waals surface area contributed by atoms with E-state index in [9.17, 15) is 9.59 Å². The van der Waals surface area contributed by atoms with Crippen LogP contribution in [0.2, 0.25) is 0 Å². The molecule has 0 bridgehead atoms. The molecule has 1 aromatic carbocycles. The van der Waals surface area contributed by atoms with E-state index in [0.29, 0.717) is 16.5 Å². The first kappa shape index (κ1) is 13.3. The van der Waals surface area contributed by atoms with E-state index in [0.717, 1.165) is 5.39 Å². The molecule has 1 N–H and O–H groups in total. The van der Waals surface area contributed by atoms with Gasteiger partial charge in [-0.2, -0.15) is 0 Å². The number of aromatic nitrogens is 2. The van der Waals surface area contributed by atoms with Crippen LogP contribution >= 0.6 is 11.3 Å². The van der Waals surface area contributed by atoms with Gasteiger partial charge in [0.05, 0.1) is 0 Å². The van der Waals surface area contributed by atoms with Gasteiger partial charge in [-0.3, -0.25) is 10.1 Å². The maximum absolute atomic E-state index is 11.6. The summed E-state index contributed by atoms with van der Waals surface area (Å²) in [5.41, 5.74) is 1.49. The number of carbonyl (C=O) groups excluding carboxylic acids is 1. The molecular weight excluding hydrogens is 294 g/mol. The highest BCUT2D eigenvalue weighted by atomic mass is 32.1. The van der Waals surface area contributed by atoms with Gasteiger partial charge in [0.1, 0.15) is 16.8 Å². The van der Waals surface area contributed by atoms with Gasteiger partial charge in [0.15, 0.2) is 6.61 Å². The molecule has 7 nitrogen and oxygen atoms in total. The quantitative estimate of drug-likeness (QED) is 0.737. The summed E-state index contributed by atoms with van der Waals surface area (Å²) in [6.45, 7) is -0.178. The van der Waals surface area contributed by atoms with E-state index in [2.05, 4.69) is 15.5 Å². The first-order valence-corrected chi connectivity index (χ1v) is 6.81. The van der Waals surface area contributed by atoms with Crippen LogP contribution in [-0.2, 0) is 4.79 Å². The fraction of sp³-hybridized carbons (Fsp3) is 0.0769. The van der Waals surface area contributed by atoms with Crippen molar-refractivity contribution in [3.8, 4) is 5.75 Å². The lowest BCUT2D eigenvalue weighted by molar-refractivity contribution is -0.118. The minimum Gasteiger partial charge on any atom is -0.484 e. The Morgan fingerprint density at radius 3 is 3.00 bits per heavy atom. The molecular formula is C13H9N3O4S. The number of nitrogens with zero attached hydrogens (tertiary/aromatic N) is 2. The number of hydrogen-bond acceptors (Lipinski definition) is 7. The van der Waals surface area contributed by atoms with Crippen LogP contribution < -0.4 is 15.7 Å². The second-order valence-electron chi connectivity index (χ2n) is 4.03. The fourth-order valence-electron chi connectivity index (χ4n) is 1.66. The number of amides is 1. The highest BCUT2D eigenvalue weighted by Crippen LogP contribution is 2.19. The van der Waals surface area contributed by atoms with Crippen molar-refractivity contribution in [2.24, 2.45) is 0 Å². The van der Waals surface area contributed by atoms with Crippen LogP contribution in [0.15, 0.2) is 45.1 Å². The van der Waals surface area contributed by atoms with E-state index in [1.54, 1.807) is 24.3 Å². The average Bonchev–Trinajstić information content (AvgIpc) is 2.97. The molecule has 21 heavy (non-hydrogen) atoms. The Kier molecular flexibility index (Phi) is 3.61. The van der Waals surface area contributed by atoms with Crippen molar-refractivity contribution in [2.75, 3.05) is 11.9 Å². The van der Waals surface area contributed by atoms with Gasteiger partial charge in [-0.15, -0.1) is 10.2 Å². The van der Waals surface area contributed by atoms with E-state index < -0.39 is 5.63 Å². The predicted molar refractivity (Wildman–Crippen MR) is 76.5 cm³/mol. The Hall–Kier alpha value is -2.74. The lowest BCUT2D eigenvalue weighted by Crippen LogP contribution is -2.20. The van der Waals surface area contributed by atoms with Gasteiger partial charge in [-0.25, -0.2) is 4.79 Å². The normalized spacial score (nSPS) is 10.5. The molecule has 0 saturated carbocycles. The summed E-state index contributed by atoms with van der Waals surface area (Å²) in [7, 11) is 0. The number of rotatable bonds is 4. The third-order valence-corrected chi connectivity index (χ3v) is 3.18. The highest BCUT2D eigenvalue weighted by molar-refractivity contribution is 7.13. The number of anilines is 1. The highest BCUT2D eigenvalue weighted by Gasteiger charge is 2.07. The monoisotopic (exact) mass is 303 g/mol. The lowest BCUT2D eigenvalue weighted by Gasteiger charge is -2.06. The first-order valence-electron chi connectivity index (χ1n) is 5.93. The van der Waals surface area contributed by atoms with Crippen molar-refractivity contribution in [2.45, 2.75) is 0 Å². The molecule has 0 radical (unpaired) electrons. The maximum Gasteiger partial charge on any atom is 0.336 e. The van der Waals surface area contributed by atoms with E-state index in [4.69, 9.17) is 9.15 Å². The smallest absolute Gasteiger partial charge is 0.336 e. The summed E-state index contributed by atoms with van der Waals surface area (Å²) in [4.78, 5) is 22.8. The summed E-state index contributed by atoms with van der Waals surface area (Å²) in [5.74, 6) is 0.0885. The van der Waals surface area contributed by atoms with E-state index in [1.807, 2.05) is 0 Å². The summed E-state index contributed by atoms with van der Waals surface area (Å²) < 4.78 is 10.4. The standard InChI is InChI=1S/C13H9N3O4S/c17-11(15-13-16-14-7-21-13)6-19-9-3-1-8-2-4-12(18)20-10(8)5-9/h1-5,7H,6H2,(H,15,16,17). The zero-order valence-electron chi connectivity index (χ0n) is 10.6. The molecule has 0 saturated heterocycles. The second kappa shape index (κ2) is 5.71. The minimum atomic E-state index is -0.436. The number of benzene rings is 1. The lowest BCUT2D eigenvalue weighted by atomic mass is 10.2. The van der Waals surface area contributed by atoms with Gasteiger partial charge in [0.25, 0.3) is 5.91 Å². The van der Waals surface area contributed by atoms with E-state index >= 15 is 0 Å². The maximum atomic E-state index is 11.6. The molecule has 8 heteroatoms. The predicted octanol–water partition coefficient (Wildman–Crippen LogP) is 1.66. The molecule has 1 amide bonds. The number of fused-ring (bicyclic) bond motifs is 1. The van der Waals surface area contributed by atoms with Gasteiger partial charge in [-0.05, 0) is 18.2 Å². The van der Waals surface area contributed by atoms with Gasteiger partial charge in [-0.1, -0.05) is 11.3 Å². The van der Waals surface area contributed by atoms with Crippen molar-refractivity contribution in [1.82, 2.24) is 10.2 Å². The van der Waals surface area contributed by atoms with Crippen molar-refractivity contribution >= 4 is 33.3 Å². The van der Waals surface area contributed by atoms with Gasteiger partial charge in [0.2, 0.25) is 5.13 Å².